The molecule has 2 aromatic heterocycles. The molecular weight excluding hydrogens is 618 g/mol. The van der Waals surface area contributed by atoms with Crippen molar-refractivity contribution in [3.8, 4) is 23.4 Å². The van der Waals surface area contributed by atoms with Crippen molar-refractivity contribution in [2.75, 3.05) is 20.1 Å². The number of ether oxygens (including phenoxy) is 2. The first-order valence-electron chi connectivity index (χ1n) is 15.3. The smallest absolute Gasteiger partial charge is 0.246 e. The molecule has 0 bridgehead atoms. The van der Waals surface area contributed by atoms with Crippen LogP contribution in [0.15, 0.2) is 41.4 Å². The van der Waals surface area contributed by atoms with Crippen molar-refractivity contribution < 1.29 is 23.2 Å². The Labute approximate surface area is 270 Å². The van der Waals surface area contributed by atoms with Crippen molar-refractivity contribution in [3.63, 3.8) is 0 Å². The van der Waals surface area contributed by atoms with E-state index in [1.807, 2.05) is 62.7 Å². The molecule has 2 aliphatic rings. The number of hydrogen-bond acceptors (Lipinski definition) is 9. The maximum atomic E-state index is 14.2. The average molecular weight is 659 g/mol. The Balaban J connectivity index is 1.45. The van der Waals surface area contributed by atoms with E-state index in [-0.39, 0.29) is 53.6 Å². The summed E-state index contributed by atoms with van der Waals surface area (Å²) in [6.45, 7) is 12.4. The van der Waals surface area contributed by atoms with Gasteiger partial charge in [0.15, 0.2) is 0 Å². The van der Waals surface area contributed by atoms with Crippen LogP contribution in [0.1, 0.15) is 64.8 Å². The molecule has 1 amide bonds. The second-order valence-corrected chi connectivity index (χ2v) is 13.4. The first kappa shape index (κ1) is 33.2. The number of rotatable bonds is 10. The predicted molar refractivity (Wildman–Crippen MR) is 174 cm³/mol. The van der Waals surface area contributed by atoms with Crippen LogP contribution in [0.5, 0.6) is 11.8 Å². The van der Waals surface area contributed by atoms with Crippen LogP contribution in [0.4, 0.5) is 4.39 Å². The van der Waals surface area contributed by atoms with Gasteiger partial charge in [0, 0.05) is 43.0 Å². The number of hydrogen-bond donors (Lipinski definition) is 0. The number of alkyl halides is 1. The van der Waals surface area contributed by atoms with Gasteiger partial charge in [-0.3, -0.25) is 9.69 Å². The number of piperidine rings is 1. The zero-order valence-electron chi connectivity index (χ0n) is 26.4. The third-order valence-corrected chi connectivity index (χ3v) is 9.59. The Hall–Kier alpha value is -3.14. The van der Waals surface area contributed by atoms with Crippen molar-refractivity contribution in [3.05, 3.63) is 53.4 Å². The van der Waals surface area contributed by atoms with Crippen molar-refractivity contribution in [1.82, 2.24) is 29.9 Å². The van der Waals surface area contributed by atoms with Crippen LogP contribution in [0.25, 0.3) is 11.6 Å². The van der Waals surface area contributed by atoms with E-state index in [0.29, 0.717) is 43.3 Å². The molecule has 1 aromatic carbocycles. The standard InChI is InChI=1S/C32H41ClFN6O4P/c1-7-20-15-21(12-13-40(20)27(41)8-2)43-26-16-25(42-18(3)23-14-19(34)17-39(23)6)35-29(36-26)30-37-31(44-38-30)32(4,5)28-22(33)10-9-11-24(28)45/h8-11,16,18-21,23H,2,7,12-15,17,45H2,1,3-6H3/t18-,19-,20+,21-,23-/m0/s1. The molecular formula is C32H41ClFN6O4P. The van der Waals surface area contributed by atoms with Gasteiger partial charge in [0.1, 0.15) is 18.4 Å². The predicted octanol–water partition coefficient (Wildman–Crippen LogP) is 5.15. The van der Waals surface area contributed by atoms with Crippen LogP contribution in [0, 0.1) is 0 Å². The highest BCUT2D eigenvalue weighted by Crippen LogP contribution is 2.36. The number of carbonyl (C=O) groups is 1. The second kappa shape index (κ2) is 13.7. The molecule has 6 atom stereocenters. The number of halogens is 2. The molecule has 2 fully saturated rings. The van der Waals surface area contributed by atoms with Crippen molar-refractivity contribution in [1.29, 1.82) is 0 Å². The van der Waals surface area contributed by atoms with E-state index in [0.717, 1.165) is 17.3 Å². The van der Waals surface area contributed by atoms with Gasteiger partial charge in [-0.1, -0.05) is 42.4 Å². The van der Waals surface area contributed by atoms with Gasteiger partial charge in [-0.15, -0.1) is 9.24 Å². The summed E-state index contributed by atoms with van der Waals surface area (Å²) < 4.78 is 32.6. The molecule has 0 N–H and O–H groups in total. The number of carbonyl (C=O) groups excluding carboxylic acids is 1. The molecule has 0 radical (unpaired) electrons. The van der Waals surface area contributed by atoms with E-state index in [2.05, 4.69) is 35.9 Å². The van der Waals surface area contributed by atoms with Gasteiger partial charge in [-0.25, -0.2) is 4.39 Å². The maximum Gasteiger partial charge on any atom is 0.246 e. The molecule has 0 spiro atoms. The minimum Gasteiger partial charge on any atom is -0.474 e. The quantitative estimate of drug-likeness (QED) is 0.216. The van der Waals surface area contributed by atoms with Crippen LogP contribution in [0.3, 0.4) is 0 Å². The van der Waals surface area contributed by atoms with Gasteiger partial charge >= 0.3 is 0 Å². The first-order chi connectivity index (χ1) is 21.4. The summed E-state index contributed by atoms with van der Waals surface area (Å²) in [4.78, 5) is 30.1. The SMILES string of the molecule is C=CC(=O)N1CC[C@H](Oc2cc(O[C@@H](C)[C@@H]3C[C@H](F)CN3C)nc(-c3noc(C(C)(C)c4c(P)cccc4Cl)n3)n2)C[C@H]1CC. The minimum absolute atomic E-state index is 0.0197. The normalized spacial score (nSPS) is 23.2. The molecule has 4 heterocycles. The van der Waals surface area contributed by atoms with Crippen molar-refractivity contribution in [2.45, 2.75) is 89.3 Å². The highest BCUT2D eigenvalue weighted by atomic mass is 35.5. The Kier molecular flexibility index (Phi) is 10.1. The summed E-state index contributed by atoms with van der Waals surface area (Å²) in [6.07, 6.45) is 2.33. The molecule has 3 aromatic rings. The van der Waals surface area contributed by atoms with E-state index in [9.17, 15) is 9.18 Å². The summed E-state index contributed by atoms with van der Waals surface area (Å²) in [5.41, 5.74) is 0.131. The Morgan fingerprint density at radius 3 is 2.69 bits per heavy atom. The lowest BCUT2D eigenvalue weighted by Crippen LogP contribution is -2.48. The van der Waals surface area contributed by atoms with E-state index >= 15 is 0 Å². The second-order valence-electron chi connectivity index (χ2n) is 12.3. The lowest BCUT2D eigenvalue weighted by atomic mass is 9.84. The van der Waals surface area contributed by atoms with Crippen molar-refractivity contribution >= 4 is 32.1 Å². The maximum absolute atomic E-state index is 14.2. The van der Waals surface area contributed by atoms with Gasteiger partial charge in [0.05, 0.1) is 11.5 Å². The molecule has 2 saturated heterocycles. The molecule has 242 valence electrons. The van der Waals surface area contributed by atoms with E-state index in [1.165, 1.54) is 6.08 Å². The number of nitrogens with zero attached hydrogens (tertiary/aromatic N) is 6. The third-order valence-electron chi connectivity index (χ3n) is 8.79. The summed E-state index contributed by atoms with van der Waals surface area (Å²) in [6, 6.07) is 7.20. The Bertz CT molecular complexity index is 1520. The van der Waals surface area contributed by atoms with Gasteiger partial charge in [0.2, 0.25) is 35.2 Å². The number of aromatic nitrogens is 4. The van der Waals surface area contributed by atoms with Gasteiger partial charge in [-0.05, 0) is 63.7 Å². The summed E-state index contributed by atoms with van der Waals surface area (Å²) in [5, 5.41) is 5.73. The highest BCUT2D eigenvalue weighted by molar-refractivity contribution is 7.27. The molecule has 5 rings (SSSR count). The topological polar surface area (TPSA) is 107 Å². The molecule has 0 saturated carbocycles. The van der Waals surface area contributed by atoms with Crippen LogP contribution < -0.4 is 14.8 Å². The first-order valence-corrected chi connectivity index (χ1v) is 16.3. The van der Waals surface area contributed by atoms with E-state index < -0.39 is 11.6 Å². The number of benzene rings is 1. The van der Waals surface area contributed by atoms with E-state index in [4.69, 9.17) is 25.6 Å². The van der Waals surface area contributed by atoms with Crippen molar-refractivity contribution in [2.24, 2.45) is 0 Å². The lowest BCUT2D eigenvalue weighted by molar-refractivity contribution is -0.131. The molecule has 1 unspecified atom stereocenters. The van der Waals surface area contributed by atoms with Gasteiger partial charge in [0.25, 0.3) is 0 Å². The molecule has 10 nitrogen and oxygen atoms in total. The van der Waals surface area contributed by atoms with Crippen LogP contribution in [-0.4, -0.2) is 86.4 Å². The van der Waals surface area contributed by atoms with Crippen LogP contribution in [-0.2, 0) is 10.2 Å². The minimum atomic E-state index is -0.905. The molecule has 2 aliphatic heterocycles. The zero-order chi connectivity index (χ0) is 32.5. The zero-order valence-corrected chi connectivity index (χ0v) is 28.3. The van der Waals surface area contributed by atoms with Gasteiger partial charge < -0.3 is 18.9 Å². The number of likely N-dealkylation sites (tertiary alicyclic amines) is 2. The largest absolute Gasteiger partial charge is 0.474 e. The fraction of sp³-hybridized carbons (Fsp3) is 0.531. The monoisotopic (exact) mass is 658 g/mol. The summed E-state index contributed by atoms with van der Waals surface area (Å²) in [5.74, 6) is 1.14. The van der Waals surface area contributed by atoms with Crippen LogP contribution >= 0.6 is 20.8 Å². The highest BCUT2D eigenvalue weighted by Gasteiger charge is 2.36. The Morgan fingerprint density at radius 2 is 2.02 bits per heavy atom. The van der Waals surface area contributed by atoms with Crippen LogP contribution in [0.2, 0.25) is 5.02 Å². The molecule has 45 heavy (non-hydrogen) atoms. The molecule has 13 heteroatoms. The summed E-state index contributed by atoms with van der Waals surface area (Å²) in [7, 11) is 4.59. The number of likely N-dealkylation sites (N-methyl/N-ethyl adjacent to an activating group) is 1. The third kappa shape index (κ3) is 7.16. The lowest BCUT2D eigenvalue weighted by Gasteiger charge is -2.38. The fourth-order valence-corrected chi connectivity index (χ4v) is 7.51. The molecule has 0 aliphatic carbocycles. The van der Waals surface area contributed by atoms with E-state index in [1.54, 1.807) is 6.07 Å². The average Bonchev–Trinajstić information content (AvgIpc) is 3.63. The summed E-state index contributed by atoms with van der Waals surface area (Å²) >= 11 is 6.58. The Morgan fingerprint density at radius 1 is 1.27 bits per heavy atom. The van der Waals surface area contributed by atoms with Gasteiger partial charge in [-0.2, -0.15) is 15.0 Å². The number of amides is 1. The fourth-order valence-electron chi connectivity index (χ4n) is 6.37.